The monoisotopic (exact) mass is 412 g/mol. The van der Waals surface area contributed by atoms with Crippen LogP contribution in [0.4, 0.5) is 18.9 Å². The van der Waals surface area contributed by atoms with E-state index in [0.29, 0.717) is 5.56 Å². The van der Waals surface area contributed by atoms with Gasteiger partial charge in [-0.15, -0.1) is 0 Å². The van der Waals surface area contributed by atoms with E-state index in [2.05, 4.69) is 23.3 Å². The summed E-state index contributed by atoms with van der Waals surface area (Å²) >= 11 is 0. The summed E-state index contributed by atoms with van der Waals surface area (Å²) in [4.78, 5) is 16.9. The first kappa shape index (κ1) is 21.6. The summed E-state index contributed by atoms with van der Waals surface area (Å²) in [6.45, 7) is 2.17. The lowest BCUT2D eigenvalue weighted by atomic mass is 10.1. The number of carbonyl (C=O) groups is 1. The van der Waals surface area contributed by atoms with Gasteiger partial charge in [0.25, 0.3) is 5.91 Å². The molecule has 6 heteroatoms. The van der Waals surface area contributed by atoms with Gasteiger partial charge in [0.2, 0.25) is 0 Å². The van der Waals surface area contributed by atoms with Crippen LogP contribution in [-0.2, 0) is 12.6 Å². The lowest BCUT2D eigenvalue weighted by Gasteiger charge is -2.10. The van der Waals surface area contributed by atoms with Crippen LogP contribution in [0.5, 0.6) is 0 Å². The molecule has 1 heterocycles. The van der Waals surface area contributed by atoms with Gasteiger partial charge in [-0.1, -0.05) is 44.0 Å². The van der Waals surface area contributed by atoms with Gasteiger partial charge in [0, 0.05) is 23.0 Å². The van der Waals surface area contributed by atoms with Gasteiger partial charge in [-0.25, -0.2) is 0 Å². The maximum absolute atomic E-state index is 12.8. The molecule has 3 nitrogen and oxygen atoms in total. The molecular formula is C24H23F3N2O. The van der Waals surface area contributed by atoms with E-state index in [1.807, 2.05) is 12.3 Å². The van der Waals surface area contributed by atoms with Gasteiger partial charge in [0.1, 0.15) is 0 Å². The fourth-order valence-electron chi connectivity index (χ4n) is 3.09. The number of pyridine rings is 1. The van der Waals surface area contributed by atoms with E-state index < -0.39 is 17.6 Å². The SMILES string of the molecule is CCCCCc1ccc(-c2ccc(C(=O)Nc3cccc(C(F)(F)F)c3)cc2)nc1. The van der Waals surface area contributed by atoms with Gasteiger partial charge in [-0.2, -0.15) is 13.2 Å². The number of benzene rings is 2. The van der Waals surface area contributed by atoms with E-state index >= 15 is 0 Å². The first-order chi connectivity index (χ1) is 14.4. The molecule has 30 heavy (non-hydrogen) atoms. The van der Waals surface area contributed by atoms with Crippen LogP contribution in [-0.4, -0.2) is 10.9 Å². The highest BCUT2D eigenvalue weighted by Gasteiger charge is 2.30. The Kier molecular flexibility index (Phi) is 6.87. The van der Waals surface area contributed by atoms with E-state index in [4.69, 9.17) is 0 Å². The van der Waals surface area contributed by atoms with Gasteiger partial charge in [-0.05, 0) is 54.8 Å². The van der Waals surface area contributed by atoms with Crippen LogP contribution in [0.1, 0.15) is 47.7 Å². The normalized spacial score (nSPS) is 11.3. The van der Waals surface area contributed by atoms with E-state index in [1.54, 1.807) is 24.3 Å². The van der Waals surface area contributed by atoms with Crippen molar-refractivity contribution in [2.75, 3.05) is 5.32 Å². The molecule has 0 unspecified atom stereocenters. The number of anilines is 1. The standard InChI is InChI=1S/C24H23F3N2O/c1-2-3-4-6-17-9-14-22(28-16-17)18-10-12-19(13-11-18)23(30)29-21-8-5-7-20(15-21)24(25,26)27/h5,7-16H,2-4,6H2,1H3,(H,29,30). The molecule has 0 spiro atoms. The maximum atomic E-state index is 12.8. The third-order valence-electron chi connectivity index (χ3n) is 4.78. The number of amides is 1. The lowest BCUT2D eigenvalue weighted by molar-refractivity contribution is -0.137. The van der Waals surface area contributed by atoms with Crippen LogP contribution in [0.15, 0.2) is 66.9 Å². The van der Waals surface area contributed by atoms with Gasteiger partial charge in [0.15, 0.2) is 0 Å². The number of rotatable bonds is 7. The third kappa shape index (κ3) is 5.69. The van der Waals surface area contributed by atoms with Crippen LogP contribution in [0.3, 0.4) is 0 Å². The number of hydrogen-bond acceptors (Lipinski definition) is 2. The Bertz CT molecular complexity index is 981. The first-order valence-corrected chi connectivity index (χ1v) is 9.91. The van der Waals surface area contributed by atoms with Gasteiger partial charge >= 0.3 is 6.18 Å². The quantitative estimate of drug-likeness (QED) is 0.436. The summed E-state index contributed by atoms with van der Waals surface area (Å²) in [6, 6.07) is 15.4. The minimum atomic E-state index is -4.46. The Hall–Kier alpha value is -3.15. The van der Waals surface area contributed by atoms with Gasteiger partial charge < -0.3 is 5.32 Å². The Morgan fingerprint density at radius 2 is 1.77 bits per heavy atom. The molecule has 1 aromatic heterocycles. The van der Waals surface area contributed by atoms with Crippen LogP contribution in [0, 0.1) is 0 Å². The predicted molar refractivity (Wildman–Crippen MR) is 112 cm³/mol. The summed E-state index contributed by atoms with van der Waals surface area (Å²) in [6.07, 6.45) is 1.95. The van der Waals surface area contributed by atoms with Crippen LogP contribution < -0.4 is 5.32 Å². The number of nitrogens with zero attached hydrogens (tertiary/aromatic N) is 1. The van der Waals surface area contributed by atoms with Crippen molar-refractivity contribution in [2.24, 2.45) is 0 Å². The number of aromatic nitrogens is 1. The average molecular weight is 412 g/mol. The molecule has 3 rings (SSSR count). The summed E-state index contributed by atoms with van der Waals surface area (Å²) in [7, 11) is 0. The Labute approximate surface area is 174 Å². The molecule has 0 saturated heterocycles. The molecule has 0 radical (unpaired) electrons. The number of halogens is 3. The Morgan fingerprint density at radius 3 is 2.40 bits per heavy atom. The summed E-state index contributed by atoms with van der Waals surface area (Å²) in [5.74, 6) is -0.472. The highest BCUT2D eigenvalue weighted by atomic mass is 19.4. The van der Waals surface area contributed by atoms with Crippen LogP contribution >= 0.6 is 0 Å². The molecule has 156 valence electrons. The molecule has 0 fully saturated rings. The zero-order valence-electron chi connectivity index (χ0n) is 16.7. The molecule has 0 aliphatic heterocycles. The van der Waals surface area contributed by atoms with Crippen molar-refractivity contribution in [1.29, 1.82) is 0 Å². The number of aryl methyl sites for hydroxylation is 1. The van der Waals surface area contributed by atoms with E-state index in [1.165, 1.54) is 30.5 Å². The average Bonchev–Trinajstić information content (AvgIpc) is 2.74. The van der Waals surface area contributed by atoms with Crippen molar-refractivity contribution in [3.05, 3.63) is 83.6 Å². The van der Waals surface area contributed by atoms with Crippen LogP contribution in [0.25, 0.3) is 11.3 Å². The van der Waals surface area contributed by atoms with Crippen molar-refractivity contribution >= 4 is 11.6 Å². The number of alkyl halides is 3. The van der Waals surface area contributed by atoms with Crippen molar-refractivity contribution in [3.63, 3.8) is 0 Å². The molecule has 0 atom stereocenters. The summed E-state index contributed by atoms with van der Waals surface area (Å²) < 4.78 is 38.5. The minimum Gasteiger partial charge on any atom is -0.322 e. The Morgan fingerprint density at radius 1 is 1.00 bits per heavy atom. The second-order valence-corrected chi connectivity index (χ2v) is 7.12. The fourth-order valence-corrected chi connectivity index (χ4v) is 3.09. The fraction of sp³-hybridized carbons (Fsp3) is 0.250. The second kappa shape index (κ2) is 9.57. The van der Waals surface area contributed by atoms with Crippen molar-refractivity contribution in [3.8, 4) is 11.3 Å². The van der Waals surface area contributed by atoms with E-state index in [0.717, 1.165) is 36.2 Å². The summed E-state index contributed by atoms with van der Waals surface area (Å²) in [5.41, 5.74) is 2.51. The van der Waals surface area contributed by atoms with E-state index in [-0.39, 0.29) is 5.69 Å². The number of carbonyl (C=O) groups excluding carboxylic acids is 1. The molecule has 1 amide bonds. The summed E-state index contributed by atoms with van der Waals surface area (Å²) in [5, 5.41) is 2.51. The topological polar surface area (TPSA) is 42.0 Å². The zero-order valence-corrected chi connectivity index (χ0v) is 16.7. The lowest BCUT2D eigenvalue weighted by Crippen LogP contribution is -2.13. The smallest absolute Gasteiger partial charge is 0.322 e. The van der Waals surface area contributed by atoms with E-state index in [9.17, 15) is 18.0 Å². The molecule has 0 saturated carbocycles. The van der Waals surface area contributed by atoms with Crippen molar-refractivity contribution in [2.45, 2.75) is 38.8 Å². The highest BCUT2D eigenvalue weighted by Crippen LogP contribution is 2.30. The predicted octanol–water partition coefficient (Wildman–Crippen LogP) is 6.75. The van der Waals surface area contributed by atoms with Crippen molar-refractivity contribution in [1.82, 2.24) is 4.98 Å². The van der Waals surface area contributed by atoms with Crippen molar-refractivity contribution < 1.29 is 18.0 Å². The number of hydrogen-bond donors (Lipinski definition) is 1. The molecule has 2 aromatic carbocycles. The number of nitrogens with one attached hydrogen (secondary N) is 1. The maximum Gasteiger partial charge on any atom is 0.416 e. The van der Waals surface area contributed by atoms with Crippen LogP contribution in [0.2, 0.25) is 0 Å². The minimum absolute atomic E-state index is 0.0965. The molecule has 1 N–H and O–H groups in total. The molecule has 0 aliphatic carbocycles. The first-order valence-electron chi connectivity index (χ1n) is 9.91. The van der Waals surface area contributed by atoms with Gasteiger partial charge in [0.05, 0.1) is 11.3 Å². The van der Waals surface area contributed by atoms with Gasteiger partial charge in [-0.3, -0.25) is 9.78 Å². The largest absolute Gasteiger partial charge is 0.416 e. The second-order valence-electron chi connectivity index (χ2n) is 7.12. The molecule has 3 aromatic rings. The highest BCUT2D eigenvalue weighted by molar-refractivity contribution is 6.04. The number of unbranched alkanes of at least 4 members (excludes halogenated alkanes) is 2. The zero-order chi connectivity index (χ0) is 21.6. The Balaban J connectivity index is 1.66. The third-order valence-corrected chi connectivity index (χ3v) is 4.78. The molecule has 0 aliphatic rings. The molecular weight excluding hydrogens is 389 g/mol. The molecule has 0 bridgehead atoms.